The molecule has 1 aromatic heterocycles. The predicted octanol–water partition coefficient (Wildman–Crippen LogP) is 4.30. The van der Waals surface area contributed by atoms with Crippen molar-refractivity contribution in [2.75, 3.05) is 6.61 Å². The number of hydrogen-bond donors (Lipinski definition) is 0. The van der Waals surface area contributed by atoms with Gasteiger partial charge in [0.2, 0.25) is 0 Å². The fourth-order valence-corrected chi connectivity index (χ4v) is 2.40. The van der Waals surface area contributed by atoms with Gasteiger partial charge in [0.25, 0.3) is 0 Å². The maximum absolute atomic E-state index is 13.7. The van der Waals surface area contributed by atoms with Crippen LogP contribution in [0.4, 0.5) is 4.39 Å². The lowest BCUT2D eigenvalue weighted by Gasteiger charge is -2.10. The van der Waals surface area contributed by atoms with Gasteiger partial charge in [-0.3, -0.25) is 4.98 Å². The third-order valence-electron chi connectivity index (χ3n) is 3.57. The van der Waals surface area contributed by atoms with Crippen LogP contribution in [0.2, 0.25) is 0 Å². The van der Waals surface area contributed by atoms with Gasteiger partial charge in [-0.1, -0.05) is 30.3 Å². The van der Waals surface area contributed by atoms with Crippen LogP contribution in [0.3, 0.4) is 0 Å². The number of benzene rings is 2. The summed E-state index contributed by atoms with van der Waals surface area (Å²) in [6.45, 7) is 2.65. The molecule has 1 heterocycles. The molecular weight excluding hydrogens is 265 g/mol. The largest absolute Gasteiger partial charge is 0.492 e. The standard InChI is InChI=1S/C18H16FNO/c1-13-5-2-3-6-14(13)10-12-21-17-9-11-20-18-15(17)7-4-8-16(18)19/h2-9,11H,10,12H2,1H3. The number of hydrogen-bond acceptors (Lipinski definition) is 2. The van der Waals surface area contributed by atoms with Gasteiger partial charge in [-0.05, 0) is 36.2 Å². The van der Waals surface area contributed by atoms with E-state index >= 15 is 0 Å². The van der Waals surface area contributed by atoms with Gasteiger partial charge >= 0.3 is 0 Å². The summed E-state index contributed by atoms with van der Waals surface area (Å²) in [7, 11) is 0. The minimum atomic E-state index is -0.322. The number of aromatic nitrogens is 1. The Kier molecular flexibility index (Phi) is 3.82. The molecule has 0 unspecified atom stereocenters. The van der Waals surface area contributed by atoms with Crippen molar-refractivity contribution in [3.63, 3.8) is 0 Å². The summed E-state index contributed by atoms with van der Waals surface area (Å²) in [4.78, 5) is 4.07. The Morgan fingerprint density at radius 3 is 2.76 bits per heavy atom. The summed E-state index contributed by atoms with van der Waals surface area (Å²) in [5.41, 5.74) is 2.87. The average Bonchev–Trinajstić information content (AvgIpc) is 2.50. The molecular formula is C18H16FNO. The smallest absolute Gasteiger partial charge is 0.149 e. The van der Waals surface area contributed by atoms with Crippen LogP contribution in [0.1, 0.15) is 11.1 Å². The average molecular weight is 281 g/mol. The SMILES string of the molecule is Cc1ccccc1CCOc1ccnc2c(F)cccc12. The number of halogens is 1. The Morgan fingerprint density at radius 1 is 1.05 bits per heavy atom. The van der Waals surface area contributed by atoms with E-state index in [0.717, 1.165) is 6.42 Å². The second-order valence-corrected chi connectivity index (χ2v) is 4.97. The number of nitrogens with zero attached hydrogens (tertiary/aromatic N) is 1. The maximum Gasteiger partial charge on any atom is 0.149 e. The van der Waals surface area contributed by atoms with Crippen molar-refractivity contribution in [3.8, 4) is 5.75 Å². The highest BCUT2D eigenvalue weighted by Gasteiger charge is 2.07. The lowest BCUT2D eigenvalue weighted by atomic mass is 10.1. The number of fused-ring (bicyclic) bond motifs is 1. The number of para-hydroxylation sites is 1. The van der Waals surface area contributed by atoms with Gasteiger partial charge in [-0.2, -0.15) is 0 Å². The van der Waals surface area contributed by atoms with E-state index in [1.165, 1.54) is 17.2 Å². The topological polar surface area (TPSA) is 22.1 Å². The van der Waals surface area contributed by atoms with E-state index in [0.29, 0.717) is 23.3 Å². The number of aryl methyl sites for hydroxylation is 1. The number of pyridine rings is 1. The number of rotatable bonds is 4. The zero-order valence-corrected chi connectivity index (χ0v) is 11.8. The zero-order valence-electron chi connectivity index (χ0n) is 11.8. The van der Waals surface area contributed by atoms with E-state index in [1.54, 1.807) is 18.3 Å². The highest BCUT2D eigenvalue weighted by Crippen LogP contribution is 2.25. The molecule has 0 bridgehead atoms. The lowest BCUT2D eigenvalue weighted by Crippen LogP contribution is -2.03. The Balaban J connectivity index is 1.77. The molecule has 2 nitrogen and oxygen atoms in total. The summed E-state index contributed by atoms with van der Waals surface area (Å²) in [6.07, 6.45) is 2.40. The van der Waals surface area contributed by atoms with E-state index in [2.05, 4.69) is 24.0 Å². The predicted molar refractivity (Wildman–Crippen MR) is 82.1 cm³/mol. The molecule has 0 fully saturated rings. The first-order valence-corrected chi connectivity index (χ1v) is 6.96. The monoisotopic (exact) mass is 281 g/mol. The normalized spacial score (nSPS) is 10.8. The van der Waals surface area contributed by atoms with Crippen LogP contribution in [0.5, 0.6) is 5.75 Å². The van der Waals surface area contributed by atoms with Crippen molar-refractivity contribution in [2.24, 2.45) is 0 Å². The van der Waals surface area contributed by atoms with E-state index in [-0.39, 0.29) is 5.82 Å². The van der Waals surface area contributed by atoms with Gasteiger partial charge in [0.1, 0.15) is 17.1 Å². The summed E-state index contributed by atoms with van der Waals surface area (Å²) < 4.78 is 19.5. The van der Waals surface area contributed by atoms with E-state index in [4.69, 9.17) is 4.74 Å². The first kappa shape index (κ1) is 13.6. The molecule has 0 amide bonds. The van der Waals surface area contributed by atoms with Gasteiger partial charge in [0.05, 0.1) is 6.61 Å². The second kappa shape index (κ2) is 5.92. The fourth-order valence-electron chi connectivity index (χ4n) is 2.40. The molecule has 0 saturated carbocycles. The first-order valence-electron chi connectivity index (χ1n) is 6.96. The molecule has 0 aliphatic rings. The summed E-state index contributed by atoms with van der Waals surface area (Å²) >= 11 is 0. The van der Waals surface area contributed by atoms with Crippen molar-refractivity contribution in [3.05, 3.63) is 71.7 Å². The Bertz CT molecular complexity index is 770. The van der Waals surface area contributed by atoms with Crippen LogP contribution >= 0.6 is 0 Å². The molecule has 3 heteroatoms. The van der Waals surface area contributed by atoms with Crippen LogP contribution in [0, 0.1) is 12.7 Å². The maximum atomic E-state index is 13.7. The van der Waals surface area contributed by atoms with E-state index < -0.39 is 0 Å². The zero-order chi connectivity index (χ0) is 14.7. The first-order chi connectivity index (χ1) is 10.3. The molecule has 0 radical (unpaired) electrons. The molecule has 21 heavy (non-hydrogen) atoms. The highest BCUT2D eigenvalue weighted by atomic mass is 19.1. The molecule has 0 saturated heterocycles. The Labute approximate surface area is 123 Å². The molecule has 3 aromatic rings. The third kappa shape index (κ3) is 2.87. The fraction of sp³-hybridized carbons (Fsp3) is 0.167. The molecule has 0 N–H and O–H groups in total. The van der Waals surface area contributed by atoms with Gasteiger partial charge in [-0.25, -0.2) is 4.39 Å². The van der Waals surface area contributed by atoms with Crippen LogP contribution in [-0.4, -0.2) is 11.6 Å². The third-order valence-corrected chi connectivity index (χ3v) is 3.57. The van der Waals surface area contributed by atoms with Crippen molar-refractivity contribution < 1.29 is 9.13 Å². The van der Waals surface area contributed by atoms with Gasteiger partial charge in [0.15, 0.2) is 0 Å². The van der Waals surface area contributed by atoms with Gasteiger partial charge in [-0.15, -0.1) is 0 Å². The van der Waals surface area contributed by atoms with E-state index in [9.17, 15) is 4.39 Å². The van der Waals surface area contributed by atoms with Crippen LogP contribution in [0.15, 0.2) is 54.7 Å². The summed E-state index contributed by atoms with van der Waals surface area (Å²) in [6, 6.07) is 14.9. The van der Waals surface area contributed by atoms with Crippen LogP contribution < -0.4 is 4.74 Å². The van der Waals surface area contributed by atoms with Crippen molar-refractivity contribution in [1.29, 1.82) is 0 Å². The van der Waals surface area contributed by atoms with Gasteiger partial charge in [0, 0.05) is 18.0 Å². The van der Waals surface area contributed by atoms with E-state index in [1.807, 2.05) is 18.2 Å². The van der Waals surface area contributed by atoms with Crippen molar-refractivity contribution in [2.45, 2.75) is 13.3 Å². The minimum Gasteiger partial charge on any atom is -0.492 e. The quantitative estimate of drug-likeness (QED) is 0.711. The minimum absolute atomic E-state index is 0.322. The second-order valence-electron chi connectivity index (χ2n) is 4.97. The molecule has 0 atom stereocenters. The number of ether oxygens (including phenoxy) is 1. The molecule has 0 spiro atoms. The lowest BCUT2D eigenvalue weighted by molar-refractivity contribution is 0.325. The molecule has 3 rings (SSSR count). The summed E-state index contributed by atoms with van der Waals surface area (Å²) in [5.74, 6) is 0.352. The Morgan fingerprint density at radius 2 is 1.90 bits per heavy atom. The van der Waals surface area contributed by atoms with Gasteiger partial charge < -0.3 is 4.74 Å². The summed E-state index contributed by atoms with van der Waals surface area (Å²) in [5, 5.41) is 0.710. The Hall–Kier alpha value is -2.42. The molecule has 0 aliphatic carbocycles. The van der Waals surface area contributed by atoms with Crippen LogP contribution in [0.25, 0.3) is 10.9 Å². The molecule has 0 aliphatic heterocycles. The van der Waals surface area contributed by atoms with Crippen molar-refractivity contribution >= 4 is 10.9 Å². The van der Waals surface area contributed by atoms with Crippen molar-refractivity contribution in [1.82, 2.24) is 4.98 Å². The highest BCUT2D eigenvalue weighted by molar-refractivity contribution is 5.85. The molecule has 2 aromatic carbocycles. The van der Waals surface area contributed by atoms with Crippen LogP contribution in [-0.2, 0) is 6.42 Å². The molecule has 106 valence electrons.